The van der Waals surface area contributed by atoms with Gasteiger partial charge in [-0.25, -0.2) is 4.98 Å². The summed E-state index contributed by atoms with van der Waals surface area (Å²) in [6.45, 7) is 4.28. The standard InChI is InChI=1S/C23H26N6O2/c1-27-9-11-28(12-10-27)15-7-8-16-17(13-15)26-23(25-16)21-19(30)14-29(22(21)24)18-5-3-4-6-20(18)31-2/h3-8,13,24,30H,9-12,14H2,1-2H3,(H,25,26). The van der Waals surface area contributed by atoms with Crippen LogP contribution >= 0.6 is 0 Å². The number of piperazine rings is 1. The second-order valence-corrected chi connectivity index (χ2v) is 8.01. The highest BCUT2D eigenvalue weighted by Crippen LogP contribution is 2.35. The molecule has 2 aromatic carbocycles. The number of aliphatic hydroxyl groups is 1. The first-order valence-electron chi connectivity index (χ1n) is 10.4. The lowest BCUT2D eigenvalue weighted by molar-refractivity contribution is 0.313. The summed E-state index contributed by atoms with van der Waals surface area (Å²) >= 11 is 0. The normalized spacial score (nSPS) is 17.8. The van der Waals surface area contributed by atoms with Crippen LogP contribution in [-0.4, -0.2) is 72.7 Å². The number of imidazole rings is 1. The van der Waals surface area contributed by atoms with Crippen LogP contribution < -0.4 is 14.5 Å². The Balaban J connectivity index is 1.45. The molecule has 0 unspecified atom stereocenters. The zero-order chi connectivity index (χ0) is 21.5. The van der Waals surface area contributed by atoms with E-state index in [1.54, 1.807) is 12.0 Å². The van der Waals surface area contributed by atoms with Gasteiger partial charge in [-0.2, -0.15) is 0 Å². The lowest BCUT2D eigenvalue weighted by Gasteiger charge is -2.34. The second-order valence-electron chi connectivity index (χ2n) is 8.01. The molecule has 31 heavy (non-hydrogen) atoms. The fourth-order valence-electron chi connectivity index (χ4n) is 4.26. The maximum absolute atomic E-state index is 10.7. The molecule has 0 saturated carbocycles. The maximum Gasteiger partial charge on any atom is 0.145 e. The Morgan fingerprint density at radius 3 is 2.65 bits per heavy atom. The van der Waals surface area contributed by atoms with Crippen LogP contribution in [0.25, 0.3) is 16.6 Å². The van der Waals surface area contributed by atoms with Gasteiger partial charge in [-0.1, -0.05) is 12.1 Å². The van der Waals surface area contributed by atoms with Crippen molar-refractivity contribution in [3.05, 3.63) is 54.0 Å². The van der Waals surface area contributed by atoms with E-state index in [2.05, 4.69) is 38.9 Å². The number of anilines is 2. The van der Waals surface area contributed by atoms with Crippen molar-refractivity contribution in [1.29, 1.82) is 5.41 Å². The topological polar surface area (TPSA) is 91.7 Å². The molecule has 2 aliphatic heterocycles. The van der Waals surface area contributed by atoms with Crippen molar-refractivity contribution in [2.24, 2.45) is 0 Å². The van der Waals surface area contributed by atoms with Gasteiger partial charge in [0.25, 0.3) is 0 Å². The van der Waals surface area contributed by atoms with Gasteiger partial charge >= 0.3 is 0 Å². The maximum atomic E-state index is 10.7. The number of aliphatic hydroxyl groups excluding tert-OH is 1. The minimum absolute atomic E-state index is 0.120. The molecule has 3 heterocycles. The second kappa shape index (κ2) is 7.63. The molecule has 3 N–H and O–H groups in total. The summed E-state index contributed by atoms with van der Waals surface area (Å²) in [5, 5.41) is 19.4. The molecule has 0 spiro atoms. The monoisotopic (exact) mass is 418 g/mol. The number of hydrogen-bond donors (Lipinski definition) is 3. The fraction of sp³-hybridized carbons (Fsp3) is 0.304. The van der Waals surface area contributed by atoms with E-state index in [9.17, 15) is 5.11 Å². The zero-order valence-corrected chi connectivity index (χ0v) is 17.7. The van der Waals surface area contributed by atoms with Crippen LogP contribution in [-0.2, 0) is 0 Å². The summed E-state index contributed by atoms with van der Waals surface area (Å²) in [6, 6.07) is 13.7. The number of nitrogens with zero attached hydrogens (tertiary/aromatic N) is 4. The van der Waals surface area contributed by atoms with Gasteiger partial charge < -0.3 is 29.5 Å². The first-order chi connectivity index (χ1) is 15.0. The van der Waals surface area contributed by atoms with Crippen LogP contribution in [0, 0.1) is 5.41 Å². The summed E-state index contributed by atoms with van der Waals surface area (Å²) in [5.74, 6) is 1.47. The first-order valence-corrected chi connectivity index (χ1v) is 10.4. The van der Waals surface area contributed by atoms with E-state index in [0.717, 1.165) is 48.6 Å². The van der Waals surface area contributed by atoms with Crippen molar-refractivity contribution in [3.8, 4) is 5.75 Å². The molecule has 0 atom stereocenters. The molecule has 0 aliphatic carbocycles. The number of amidine groups is 1. The molecule has 0 amide bonds. The fourth-order valence-corrected chi connectivity index (χ4v) is 4.26. The summed E-state index contributed by atoms with van der Waals surface area (Å²) in [4.78, 5) is 14.4. The van der Waals surface area contributed by atoms with Crippen LogP contribution in [0.4, 0.5) is 11.4 Å². The van der Waals surface area contributed by atoms with E-state index in [1.807, 2.05) is 30.3 Å². The average Bonchev–Trinajstić information content (AvgIpc) is 3.33. The molecule has 8 nitrogen and oxygen atoms in total. The average molecular weight is 419 g/mol. The molecular weight excluding hydrogens is 392 g/mol. The quantitative estimate of drug-likeness (QED) is 0.603. The van der Waals surface area contributed by atoms with Gasteiger partial charge in [0.15, 0.2) is 0 Å². The lowest BCUT2D eigenvalue weighted by Crippen LogP contribution is -2.44. The summed E-state index contributed by atoms with van der Waals surface area (Å²) in [6.07, 6.45) is 0. The van der Waals surface area contributed by atoms with Crippen LogP contribution in [0.5, 0.6) is 5.75 Å². The Bertz CT molecular complexity index is 1180. The van der Waals surface area contributed by atoms with Crippen LogP contribution in [0.15, 0.2) is 48.2 Å². The molecule has 2 aliphatic rings. The third-order valence-corrected chi connectivity index (χ3v) is 6.05. The Labute approximate surface area is 180 Å². The van der Waals surface area contributed by atoms with Gasteiger partial charge in [0.05, 0.1) is 35.9 Å². The van der Waals surface area contributed by atoms with Crippen molar-refractivity contribution in [1.82, 2.24) is 14.9 Å². The Morgan fingerprint density at radius 2 is 1.87 bits per heavy atom. The van der Waals surface area contributed by atoms with Gasteiger partial charge in [-0.15, -0.1) is 0 Å². The van der Waals surface area contributed by atoms with E-state index in [0.29, 0.717) is 17.1 Å². The third kappa shape index (κ3) is 3.38. The number of methoxy groups -OCH3 is 1. The van der Waals surface area contributed by atoms with Gasteiger partial charge in [-0.05, 0) is 37.4 Å². The Kier molecular flexibility index (Phi) is 4.78. The van der Waals surface area contributed by atoms with E-state index >= 15 is 0 Å². The Hall–Kier alpha value is -3.52. The summed E-state index contributed by atoms with van der Waals surface area (Å²) in [7, 11) is 3.75. The summed E-state index contributed by atoms with van der Waals surface area (Å²) in [5.41, 5.74) is 4.03. The van der Waals surface area contributed by atoms with Gasteiger partial charge in [0.2, 0.25) is 0 Å². The molecule has 0 radical (unpaired) electrons. The number of fused-ring (bicyclic) bond motifs is 1. The SMILES string of the molecule is COc1ccccc1N1CC(O)=C(c2nc3ccc(N4CCN(C)CC4)cc3[nH]2)C1=N. The molecule has 0 bridgehead atoms. The number of H-pyrrole nitrogens is 1. The number of aromatic amines is 1. The number of hydrogen-bond acceptors (Lipinski definition) is 6. The molecule has 8 heteroatoms. The van der Waals surface area contributed by atoms with Gasteiger partial charge in [0, 0.05) is 31.9 Å². The smallest absolute Gasteiger partial charge is 0.145 e. The number of benzene rings is 2. The third-order valence-electron chi connectivity index (χ3n) is 6.05. The van der Waals surface area contributed by atoms with E-state index in [1.165, 1.54) is 0 Å². The van der Waals surface area contributed by atoms with Crippen molar-refractivity contribution in [3.63, 3.8) is 0 Å². The zero-order valence-electron chi connectivity index (χ0n) is 17.7. The highest BCUT2D eigenvalue weighted by molar-refractivity contribution is 6.30. The van der Waals surface area contributed by atoms with Crippen molar-refractivity contribution < 1.29 is 9.84 Å². The minimum Gasteiger partial charge on any atom is -0.509 e. The largest absolute Gasteiger partial charge is 0.509 e. The van der Waals surface area contributed by atoms with Crippen molar-refractivity contribution >= 4 is 33.8 Å². The molecule has 5 rings (SSSR count). The molecule has 1 fully saturated rings. The van der Waals surface area contributed by atoms with E-state index in [4.69, 9.17) is 10.1 Å². The number of ether oxygens (including phenoxy) is 1. The number of rotatable bonds is 4. The predicted octanol–water partition coefficient (Wildman–Crippen LogP) is 3.09. The van der Waals surface area contributed by atoms with Crippen molar-refractivity contribution in [2.45, 2.75) is 0 Å². The number of para-hydroxylation sites is 2. The molecule has 3 aromatic rings. The molecule has 1 saturated heterocycles. The van der Waals surface area contributed by atoms with Crippen LogP contribution in [0.2, 0.25) is 0 Å². The molecule has 160 valence electrons. The number of likely N-dealkylation sites (N-methyl/N-ethyl adjacent to an activating group) is 1. The van der Waals surface area contributed by atoms with Gasteiger partial charge in [0.1, 0.15) is 23.2 Å². The van der Waals surface area contributed by atoms with E-state index < -0.39 is 0 Å². The van der Waals surface area contributed by atoms with E-state index in [-0.39, 0.29) is 18.1 Å². The van der Waals surface area contributed by atoms with Crippen LogP contribution in [0.3, 0.4) is 0 Å². The molecular formula is C23H26N6O2. The van der Waals surface area contributed by atoms with Crippen molar-refractivity contribution in [2.75, 3.05) is 56.7 Å². The van der Waals surface area contributed by atoms with Gasteiger partial charge in [-0.3, -0.25) is 5.41 Å². The highest BCUT2D eigenvalue weighted by atomic mass is 16.5. The highest BCUT2D eigenvalue weighted by Gasteiger charge is 2.32. The predicted molar refractivity (Wildman–Crippen MR) is 123 cm³/mol. The first kappa shape index (κ1) is 19.4. The molecule has 1 aromatic heterocycles. The Morgan fingerprint density at radius 1 is 1.10 bits per heavy atom. The minimum atomic E-state index is 0.120. The summed E-state index contributed by atoms with van der Waals surface area (Å²) < 4.78 is 5.44. The number of aromatic nitrogens is 2. The lowest BCUT2D eigenvalue weighted by atomic mass is 10.2. The number of nitrogens with one attached hydrogen (secondary N) is 2. The van der Waals surface area contributed by atoms with Crippen LogP contribution in [0.1, 0.15) is 5.82 Å².